The lowest BCUT2D eigenvalue weighted by molar-refractivity contribution is 0.561. The van der Waals surface area contributed by atoms with Crippen LogP contribution in [0.2, 0.25) is 0 Å². The van der Waals surface area contributed by atoms with E-state index < -0.39 is 29.4 Å². The van der Waals surface area contributed by atoms with Crippen LogP contribution in [0.25, 0.3) is 17.0 Å². The van der Waals surface area contributed by atoms with Crippen molar-refractivity contribution in [2.45, 2.75) is 5.33 Å². The first-order valence-electron chi connectivity index (χ1n) is 5.67. The van der Waals surface area contributed by atoms with Gasteiger partial charge in [0.2, 0.25) is 0 Å². The van der Waals surface area contributed by atoms with E-state index >= 15 is 0 Å². The Morgan fingerprint density at radius 2 is 1.55 bits per heavy atom. The van der Waals surface area contributed by atoms with Crippen LogP contribution in [-0.2, 0) is 5.33 Å². The summed E-state index contributed by atoms with van der Waals surface area (Å²) in [5.74, 6) is -3.85. The van der Waals surface area contributed by atoms with Crippen LogP contribution >= 0.6 is 15.9 Å². The van der Waals surface area contributed by atoms with Crippen LogP contribution < -0.4 is 0 Å². The number of benzene rings is 2. The molecular weight excluding hydrogens is 336 g/mol. The predicted octanol–water partition coefficient (Wildman–Crippen LogP) is 5.76. The lowest BCUT2D eigenvalue weighted by atomic mass is 10.0. The third-order valence-electron chi connectivity index (χ3n) is 2.82. The monoisotopic (exact) mass is 344 g/mol. The molecular formula is C15H9BrF4. The molecule has 0 amide bonds. The van der Waals surface area contributed by atoms with Gasteiger partial charge in [-0.2, -0.15) is 0 Å². The first-order chi connectivity index (χ1) is 9.56. The van der Waals surface area contributed by atoms with Crippen molar-refractivity contribution >= 4 is 21.8 Å². The average molecular weight is 345 g/mol. The molecule has 0 bridgehead atoms. The van der Waals surface area contributed by atoms with E-state index in [9.17, 15) is 17.6 Å². The minimum atomic E-state index is -1.57. The van der Waals surface area contributed by atoms with Crippen molar-refractivity contribution in [3.05, 3.63) is 65.5 Å². The smallest absolute Gasteiger partial charge is 0.164 e. The fourth-order valence-corrected chi connectivity index (χ4v) is 2.18. The normalized spacial score (nSPS) is 11.8. The summed E-state index contributed by atoms with van der Waals surface area (Å²) in [7, 11) is 0. The summed E-state index contributed by atoms with van der Waals surface area (Å²) < 4.78 is 52.5. The van der Waals surface area contributed by atoms with E-state index in [1.807, 2.05) is 0 Å². The van der Waals surface area contributed by atoms with Crippen molar-refractivity contribution in [1.82, 2.24) is 0 Å². The molecule has 0 saturated heterocycles. The highest BCUT2D eigenvalue weighted by Crippen LogP contribution is 2.29. The van der Waals surface area contributed by atoms with Crippen LogP contribution in [0, 0.1) is 11.6 Å². The molecule has 0 radical (unpaired) electrons. The highest BCUT2D eigenvalue weighted by molar-refractivity contribution is 9.08. The van der Waals surface area contributed by atoms with Crippen LogP contribution in [0.1, 0.15) is 11.1 Å². The molecule has 0 N–H and O–H groups in total. The highest BCUT2D eigenvalue weighted by Gasteiger charge is 2.16. The molecule has 0 fully saturated rings. The molecule has 0 spiro atoms. The minimum absolute atomic E-state index is 0.261. The molecule has 2 aromatic rings. The second-order valence-corrected chi connectivity index (χ2v) is 4.66. The van der Waals surface area contributed by atoms with Crippen molar-refractivity contribution in [3.8, 4) is 11.1 Å². The van der Waals surface area contributed by atoms with Gasteiger partial charge in [-0.15, -0.1) is 0 Å². The minimum Gasteiger partial charge on any atom is -0.212 e. The fourth-order valence-electron chi connectivity index (χ4n) is 1.81. The molecule has 0 unspecified atom stereocenters. The maximum Gasteiger partial charge on any atom is 0.164 e. The maximum atomic E-state index is 13.7. The van der Waals surface area contributed by atoms with Crippen molar-refractivity contribution in [2.75, 3.05) is 0 Å². The summed E-state index contributed by atoms with van der Waals surface area (Å²) in [5.41, 5.74) is 0.867. The Morgan fingerprint density at radius 1 is 1.00 bits per heavy atom. The topological polar surface area (TPSA) is 0 Å². The predicted molar refractivity (Wildman–Crippen MR) is 74.6 cm³/mol. The largest absolute Gasteiger partial charge is 0.212 e. The van der Waals surface area contributed by atoms with Gasteiger partial charge >= 0.3 is 0 Å². The maximum absolute atomic E-state index is 13.7. The second kappa shape index (κ2) is 6.22. The van der Waals surface area contributed by atoms with Gasteiger partial charge in [-0.1, -0.05) is 40.2 Å². The second-order valence-electron chi connectivity index (χ2n) is 4.10. The Balaban J connectivity index is 2.48. The standard InChI is InChI=1S/C15H9BrF4/c16-7-9-1-3-10(4-2-9)11-5-12(18)15(13(19)6-11)14(20)8-17/h1-6,8H,7H2. The van der Waals surface area contributed by atoms with Crippen molar-refractivity contribution in [1.29, 1.82) is 0 Å². The third-order valence-corrected chi connectivity index (χ3v) is 3.47. The highest BCUT2D eigenvalue weighted by atomic mass is 79.9. The summed E-state index contributed by atoms with van der Waals surface area (Å²) in [6, 6.07) is 8.96. The molecule has 0 heterocycles. The Hall–Kier alpha value is -1.62. The van der Waals surface area contributed by atoms with Crippen LogP contribution in [0.15, 0.2) is 42.7 Å². The fraction of sp³-hybridized carbons (Fsp3) is 0.0667. The number of halogens is 5. The van der Waals surface area contributed by atoms with Crippen molar-refractivity contribution in [2.24, 2.45) is 0 Å². The lowest BCUT2D eigenvalue weighted by Crippen LogP contribution is -1.94. The van der Waals surface area contributed by atoms with Gasteiger partial charge < -0.3 is 0 Å². The molecule has 0 aliphatic carbocycles. The summed E-state index contributed by atoms with van der Waals surface area (Å²) >= 11 is 3.29. The van der Waals surface area contributed by atoms with E-state index in [0.29, 0.717) is 10.9 Å². The molecule has 2 aromatic carbocycles. The lowest BCUT2D eigenvalue weighted by Gasteiger charge is -2.07. The van der Waals surface area contributed by atoms with Crippen LogP contribution in [-0.4, -0.2) is 0 Å². The SMILES string of the molecule is FC=C(F)c1c(F)cc(-c2ccc(CBr)cc2)cc1F. The molecule has 0 aliphatic rings. The van der Waals surface area contributed by atoms with Crippen LogP contribution in [0.4, 0.5) is 17.6 Å². The first-order valence-corrected chi connectivity index (χ1v) is 6.79. The van der Waals surface area contributed by atoms with Gasteiger partial charge in [-0.25, -0.2) is 17.6 Å². The molecule has 104 valence electrons. The number of alkyl halides is 1. The molecule has 20 heavy (non-hydrogen) atoms. The van der Waals surface area contributed by atoms with E-state index in [1.54, 1.807) is 24.3 Å². The van der Waals surface area contributed by atoms with Gasteiger partial charge in [-0.3, -0.25) is 0 Å². The molecule has 0 aliphatic heterocycles. The molecule has 0 atom stereocenters. The molecule has 0 aromatic heterocycles. The average Bonchev–Trinajstić information content (AvgIpc) is 2.46. The van der Waals surface area contributed by atoms with E-state index in [0.717, 1.165) is 17.7 Å². The Morgan fingerprint density at radius 3 is 2.00 bits per heavy atom. The zero-order chi connectivity index (χ0) is 14.7. The van der Waals surface area contributed by atoms with E-state index in [-0.39, 0.29) is 5.56 Å². The van der Waals surface area contributed by atoms with Crippen molar-refractivity contribution < 1.29 is 17.6 Å². The van der Waals surface area contributed by atoms with Crippen LogP contribution in [0.5, 0.6) is 0 Å². The van der Waals surface area contributed by atoms with Gasteiger partial charge in [0.05, 0.1) is 5.56 Å². The van der Waals surface area contributed by atoms with Crippen molar-refractivity contribution in [3.63, 3.8) is 0 Å². The molecule has 0 nitrogen and oxygen atoms in total. The Kier molecular flexibility index (Phi) is 4.60. The number of rotatable bonds is 3. The summed E-state index contributed by atoms with van der Waals surface area (Å²) in [6.45, 7) is 0. The summed E-state index contributed by atoms with van der Waals surface area (Å²) in [6.07, 6.45) is -0.466. The summed E-state index contributed by atoms with van der Waals surface area (Å²) in [5, 5.41) is 0.668. The van der Waals surface area contributed by atoms with Gasteiger partial charge in [-0.05, 0) is 28.8 Å². The summed E-state index contributed by atoms with van der Waals surface area (Å²) in [4.78, 5) is 0. The quantitative estimate of drug-likeness (QED) is 0.490. The molecule has 0 saturated carbocycles. The Labute approximate surface area is 121 Å². The third kappa shape index (κ3) is 2.93. The zero-order valence-electron chi connectivity index (χ0n) is 10.1. The number of hydrogen-bond donors (Lipinski definition) is 0. The Bertz CT molecular complexity index is 624. The van der Waals surface area contributed by atoms with Gasteiger partial charge in [0, 0.05) is 5.33 Å². The van der Waals surface area contributed by atoms with Gasteiger partial charge in [0.15, 0.2) is 5.83 Å². The van der Waals surface area contributed by atoms with Gasteiger partial charge in [0.1, 0.15) is 18.0 Å². The van der Waals surface area contributed by atoms with E-state index in [1.165, 1.54) is 0 Å². The molecule has 5 heteroatoms. The number of hydrogen-bond acceptors (Lipinski definition) is 0. The van der Waals surface area contributed by atoms with E-state index in [4.69, 9.17) is 0 Å². The molecule has 2 rings (SSSR count). The zero-order valence-corrected chi connectivity index (χ0v) is 11.7. The first kappa shape index (κ1) is 14.8. The van der Waals surface area contributed by atoms with Gasteiger partial charge in [0.25, 0.3) is 0 Å². The van der Waals surface area contributed by atoms with Crippen LogP contribution in [0.3, 0.4) is 0 Å². The van der Waals surface area contributed by atoms with E-state index in [2.05, 4.69) is 15.9 Å².